The molecule has 7 rings (SSSR count). The average Bonchev–Trinajstić information content (AvgIpc) is 3.25. The largest absolute Gasteiger partial charge is 0.617 e. The summed E-state index contributed by atoms with van der Waals surface area (Å²) >= 11 is 0. The van der Waals surface area contributed by atoms with Gasteiger partial charge in [0, 0.05) is 12.1 Å². The van der Waals surface area contributed by atoms with Crippen LogP contribution in [0.1, 0.15) is 56.1 Å². The zero-order valence-corrected chi connectivity index (χ0v) is 22.2. The van der Waals surface area contributed by atoms with Crippen molar-refractivity contribution in [2.45, 2.75) is 57.5 Å². The molecule has 3 aliphatic carbocycles. The minimum absolute atomic E-state index is 0.0572. The Labute approximate surface area is 226 Å². The van der Waals surface area contributed by atoms with E-state index in [-0.39, 0.29) is 39.3 Å². The summed E-state index contributed by atoms with van der Waals surface area (Å²) in [5, 5.41) is 54.4. The van der Waals surface area contributed by atoms with Crippen molar-refractivity contribution < 1.29 is 29.5 Å². The number of methoxy groups -OCH3 is 1. The second kappa shape index (κ2) is 9.45. The Kier molecular flexibility index (Phi) is 6.18. The van der Waals surface area contributed by atoms with E-state index in [9.17, 15) is 25.7 Å². The maximum atomic E-state index is 12.3. The predicted molar refractivity (Wildman–Crippen MR) is 146 cm³/mol. The first-order valence-electron chi connectivity index (χ1n) is 13.7. The topological polar surface area (TPSA) is 124 Å². The summed E-state index contributed by atoms with van der Waals surface area (Å²) in [6.45, 7) is 2.32. The smallest absolute Gasteiger partial charge is 0.332 e. The third kappa shape index (κ3) is 3.92. The lowest BCUT2D eigenvalue weighted by molar-refractivity contribution is -0.591. The van der Waals surface area contributed by atoms with Crippen LogP contribution < -0.4 is 14.2 Å². The lowest BCUT2D eigenvalue weighted by atomic mass is 9.55. The lowest BCUT2D eigenvalue weighted by Gasteiger charge is -2.50. The molecule has 0 saturated heterocycles. The molecule has 4 aromatic rings. The Morgan fingerprint density at radius 1 is 0.897 bits per heavy atom. The van der Waals surface area contributed by atoms with Crippen LogP contribution >= 0.6 is 0 Å². The van der Waals surface area contributed by atoms with Crippen molar-refractivity contribution in [1.29, 1.82) is 0 Å². The number of rotatable bonds is 1. The maximum Gasteiger partial charge on any atom is 0.332 e. The fourth-order valence-electron chi connectivity index (χ4n) is 7.72. The highest BCUT2D eigenvalue weighted by Gasteiger charge is 2.54. The van der Waals surface area contributed by atoms with E-state index in [0.717, 1.165) is 25.2 Å². The van der Waals surface area contributed by atoms with Gasteiger partial charge < -0.3 is 30.5 Å². The molecule has 3 aliphatic rings. The van der Waals surface area contributed by atoms with E-state index in [1.807, 2.05) is 12.1 Å². The third-order valence-electron chi connectivity index (χ3n) is 9.69. The molecule has 2 fully saturated rings. The molecule has 3 aromatic carbocycles. The number of hydrogen-bond donors (Lipinski definition) is 3. The van der Waals surface area contributed by atoms with Crippen LogP contribution in [-0.4, -0.2) is 28.5 Å². The van der Waals surface area contributed by atoms with Crippen LogP contribution in [0.4, 0.5) is 0 Å². The molecule has 0 bridgehead atoms. The molecule has 39 heavy (non-hydrogen) atoms. The number of aryl methyl sites for hydroxylation is 1. The highest BCUT2D eigenvalue weighted by atomic mass is 16.5. The van der Waals surface area contributed by atoms with Crippen molar-refractivity contribution in [3.05, 3.63) is 76.1 Å². The van der Waals surface area contributed by atoms with E-state index in [2.05, 4.69) is 13.0 Å². The van der Waals surface area contributed by atoms with Crippen LogP contribution in [0.25, 0.3) is 22.1 Å². The van der Waals surface area contributed by atoms with Crippen molar-refractivity contribution >= 4 is 22.1 Å². The number of benzene rings is 3. The predicted octanol–water partition coefficient (Wildman–Crippen LogP) is 4.58. The van der Waals surface area contributed by atoms with Crippen LogP contribution in [0.3, 0.4) is 0 Å². The second-order valence-electron chi connectivity index (χ2n) is 11.5. The van der Waals surface area contributed by atoms with Crippen molar-refractivity contribution in [2.24, 2.45) is 17.3 Å². The average molecular weight is 531 g/mol. The van der Waals surface area contributed by atoms with Gasteiger partial charge in [-0.3, -0.25) is 0 Å². The normalized spacial score (nSPS) is 27.3. The molecular formula is C31H34N2O6. The van der Waals surface area contributed by atoms with Gasteiger partial charge in [-0.2, -0.15) is 9.46 Å². The fraction of sp³-hybridized carbons (Fsp3) is 0.419. The molecule has 8 heteroatoms. The number of aromatic hydroxyl groups is 2. The van der Waals surface area contributed by atoms with Crippen LogP contribution in [0.5, 0.6) is 17.2 Å². The van der Waals surface area contributed by atoms with Gasteiger partial charge >= 0.3 is 11.0 Å². The molecule has 204 valence electrons. The van der Waals surface area contributed by atoms with Gasteiger partial charge in [-0.1, -0.05) is 25.1 Å². The van der Waals surface area contributed by atoms with Crippen molar-refractivity contribution in [2.75, 3.05) is 7.11 Å². The standard InChI is InChI=1S/C18H24O2.C13H10N2O4/c1-18-9-8-14-13-5-3-12(19)10-11(13)2-4-15(14)16(18)6-7-17(18)20;1-19-11-7-3-5-9-13(11)15(18)8-4-2-6-10(16)12(8)14(9)17/h3,5,10,14-17,19-20H,2,4,6-9H2,1H3;2-7,16H,1H3/t14-,15-,16+,17+,18+;/m1./s1. The van der Waals surface area contributed by atoms with Gasteiger partial charge in [-0.15, -0.1) is 0 Å². The first kappa shape index (κ1) is 25.5. The van der Waals surface area contributed by atoms with Crippen LogP contribution in [0, 0.1) is 27.7 Å². The quantitative estimate of drug-likeness (QED) is 0.188. The molecule has 0 amide bonds. The number of aliphatic hydroxyl groups is 1. The third-order valence-corrected chi connectivity index (χ3v) is 9.69. The zero-order valence-electron chi connectivity index (χ0n) is 22.2. The minimum Gasteiger partial charge on any atom is -0.617 e. The summed E-state index contributed by atoms with van der Waals surface area (Å²) < 4.78 is 6.24. The Morgan fingerprint density at radius 3 is 2.38 bits per heavy atom. The number of para-hydroxylation sites is 2. The Morgan fingerprint density at radius 2 is 1.62 bits per heavy atom. The Balaban J connectivity index is 0.000000142. The first-order chi connectivity index (χ1) is 18.7. The van der Waals surface area contributed by atoms with E-state index >= 15 is 0 Å². The molecule has 1 heterocycles. The SMILES string of the molecule is COc1cccc2c1[n+]([O-])c1cccc(O)c1[n+]2[O-].C[C@]12CC[C@@H]3c4ccc(O)cc4CC[C@H]3[C@@H]1CC[C@@H]2O. The summed E-state index contributed by atoms with van der Waals surface area (Å²) in [7, 11) is 1.43. The zero-order chi connectivity index (χ0) is 27.5. The molecule has 0 radical (unpaired) electrons. The Bertz CT molecular complexity index is 1570. The molecule has 0 unspecified atom stereocenters. The van der Waals surface area contributed by atoms with Gasteiger partial charge in [0.25, 0.3) is 11.0 Å². The summed E-state index contributed by atoms with van der Waals surface area (Å²) in [6.07, 6.45) is 6.78. The summed E-state index contributed by atoms with van der Waals surface area (Å²) in [5.74, 6) is 2.56. The number of phenols is 2. The molecule has 2 saturated carbocycles. The van der Waals surface area contributed by atoms with Gasteiger partial charge in [0.1, 0.15) is 5.75 Å². The van der Waals surface area contributed by atoms with Crippen molar-refractivity contribution in [3.63, 3.8) is 0 Å². The monoisotopic (exact) mass is 530 g/mol. The van der Waals surface area contributed by atoms with E-state index < -0.39 is 0 Å². The van der Waals surface area contributed by atoms with Gasteiger partial charge in [-0.25, -0.2) is 0 Å². The number of phenolic OH excluding ortho intramolecular Hbond substituents is 2. The van der Waals surface area contributed by atoms with Gasteiger partial charge in [0.05, 0.1) is 13.2 Å². The number of aromatic nitrogens is 2. The summed E-state index contributed by atoms with van der Waals surface area (Å²) in [4.78, 5) is 0. The second-order valence-corrected chi connectivity index (χ2v) is 11.5. The highest BCUT2D eigenvalue weighted by Crippen LogP contribution is 2.60. The number of ether oxygens (including phenoxy) is 1. The Hall–Kier alpha value is -3.78. The highest BCUT2D eigenvalue weighted by molar-refractivity contribution is 5.83. The molecule has 1 aromatic heterocycles. The number of nitrogens with zero attached hydrogens (tertiary/aromatic N) is 2. The molecule has 3 N–H and O–H groups in total. The van der Waals surface area contributed by atoms with E-state index in [1.165, 1.54) is 61.8 Å². The van der Waals surface area contributed by atoms with Crippen LogP contribution in [0.2, 0.25) is 0 Å². The van der Waals surface area contributed by atoms with Crippen LogP contribution in [-0.2, 0) is 6.42 Å². The van der Waals surface area contributed by atoms with E-state index in [0.29, 0.717) is 32.8 Å². The summed E-state index contributed by atoms with van der Waals surface area (Å²) in [6, 6.07) is 15.0. The lowest BCUT2D eigenvalue weighted by Crippen LogP contribution is -2.43. The van der Waals surface area contributed by atoms with Gasteiger partial charge in [-0.05, 0) is 97.1 Å². The van der Waals surface area contributed by atoms with Gasteiger partial charge in [0.2, 0.25) is 0 Å². The first-order valence-corrected chi connectivity index (χ1v) is 13.7. The molecule has 8 nitrogen and oxygen atoms in total. The van der Waals surface area contributed by atoms with E-state index in [4.69, 9.17) is 4.74 Å². The number of fused-ring (bicyclic) bond motifs is 7. The molecule has 5 atom stereocenters. The minimum atomic E-state index is -0.234. The molecule has 0 spiro atoms. The maximum absolute atomic E-state index is 12.3. The summed E-state index contributed by atoms with van der Waals surface area (Å²) in [5.41, 5.74) is 3.30. The number of aliphatic hydroxyl groups excluding tert-OH is 1. The van der Waals surface area contributed by atoms with Gasteiger partial charge in [0.15, 0.2) is 11.5 Å². The molecule has 0 aliphatic heterocycles. The molecular weight excluding hydrogens is 496 g/mol. The van der Waals surface area contributed by atoms with Crippen LogP contribution in [0.15, 0.2) is 54.6 Å². The fourth-order valence-corrected chi connectivity index (χ4v) is 7.72. The van der Waals surface area contributed by atoms with Crippen molar-refractivity contribution in [1.82, 2.24) is 0 Å². The van der Waals surface area contributed by atoms with Crippen molar-refractivity contribution in [3.8, 4) is 17.2 Å². The number of hydrogen-bond acceptors (Lipinski definition) is 6. The van der Waals surface area contributed by atoms with E-state index in [1.54, 1.807) is 12.1 Å².